The van der Waals surface area contributed by atoms with Gasteiger partial charge in [0.2, 0.25) is 5.91 Å². The third-order valence-electron chi connectivity index (χ3n) is 4.50. The normalized spacial score (nSPS) is 28.2. The van der Waals surface area contributed by atoms with E-state index in [2.05, 4.69) is 5.32 Å². The van der Waals surface area contributed by atoms with E-state index in [1.807, 2.05) is 42.5 Å². The predicted octanol–water partition coefficient (Wildman–Crippen LogP) is 2.43. The molecular formula is C18H15NO4. The molecule has 0 aromatic heterocycles. The number of hydrogen-bond acceptors (Lipinski definition) is 3. The summed E-state index contributed by atoms with van der Waals surface area (Å²) < 4.78 is 5.54. The monoisotopic (exact) mass is 309 g/mol. The molecule has 2 heterocycles. The van der Waals surface area contributed by atoms with Crippen molar-refractivity contribution >= 4 is 28.3 Å². The van der Waals surface area contributed by atoms with Crippen LogP contribution in [-0.2, 0) is 14.3 Å². The number of anilines is 1. The van der Waals surface area contributed by atoms with Gasteiger partial charge in [-0.25, -0.2) is 0 Å². The lowest BCUT2D eigenvalue weighted by atomic mass is 9.82. The number of carbonyl (C=O) groups excluding carboxylic acids is 1. The van der Waals surface area contributed by atoms with Gasteiger partial charge < -0.3 is 15.2 Å². The van der Waals surface area contributed by atoms with Gasteiger partial charge in [-0.05, 0) is 22.9 Å². The van der Waals surface area contributed by atoms with Crippen LogP contribution in [0.2, 0.25) is 0 Å². The van der Waals surface area contributed by atoms with E-state index in [9.17, 15) is 14.7 Å². The average molecular weight is 309 g/mol. The van der Waals surface area contributed by atoms with Crippen molar-refractivity contribution < 1.29 is 19.4 Å². The highest BCUT2D eigenvalue weighted by molar-refractivity contribution is 5.98. The van der Waals surface area contributed by atoms with E-state index < -0.39 is 30.0 Å². The predicted molar refractivity (Wildman–Crippen MR) is 85.0 cm³/mol. The summed E-state index contributed by atoms with van der Waals surface area (Å²) in [5, 5.41) is 14.3. The van der Waals surface area contributed by atoms with E-state index in [0.717, 1.165) is 10.8 Å². The molecule has 0 unspecified atom stereocenters. The highest BCUT2D eigenvalue weighted by Crippen LogP contribution is 2.39. The SMILES string of the molecule is O=C(O)[C@@H]1[C@H](C(=O)Nc2ccc3ccccc3c2)[C@@H]2C=C[C@H]1O2. The first-order valence-electron chi connectivity index (χ1n) is 7.50. The molecule has 4 atom stereocenters. The second-order valence-corrected chi connectivity index (χ2v) is 5.89. The molecule has 2 aromatic carbocycles. The third kappa shape index (κ3) is 2.29. The van der Waals surface area contributed by atoms with E-state index in [4.69, 9.17) is 4.74 Å². The maximum Gasteiger partial charge on any atom is 0.310 e. The zero-order chi connectivity index (χ0) is 16.0. The largest absolute Gasteiger partial charge is 0.481 e. The van der Waals surface area contributed by atoms with Crippen molar-refractivity contribution in [3.8, 4) is 0 Å². The van der Waals surface area contributed by atoms with Crippen molar-refractivity contribution in [3.05, 3.63) is 54.6 Å². The highest BCUT2D eigenvalue weighted by atomic mass is 16.5. The molecule has 2 aliphatic rings. The maximum absolute atomic E-state index is 12.6. The molecule has 0 spiro atoms. The Labute approximate surface area is 132 Å². The first-order chi connectivity index (χ1) is 11.1. The first kappa shape index (κ1) is 14.0. The number of rotatable bonds is 3. The number of fused-ring (bicyclic) bond motifs is 3. The average Bonchev–Trinajstić information content (AvgIpc) is 3.15. The molecule has 2 bridgehead atoms. The van der Waals surface area contributed by atoms with Gasteiger partial charge in [0.25, 0.3) is 0 Å². The van der Waals surface area contributed by atoms with E-state index in [-0.39, 0.29) is 5.91 Å². The number of amides is 1. The molecule has 2 N–H and O–H groups in total. The molecule has 5 nitrogen and oxygen atoms in total. The second kappa shape index (κ2) is 5.21. The van der Waals surface area contributed by atoms with Crippen LogP contribution >= 0.6 is 0 Å². The lowest BCUT2D eigenvalue weighted by molar-refractivity contribution is -0.145. The van der Waals surface area contributed by atoms with Crippen LogP contribution < -0.4 is 5.32 Å². The summed E-state index contributed by atoms with van der Waals surface area (Å²) in [4.78, 5) is 24.0. The Morgan fingerprint density at radius 2 is 1.65 bits per heavy atom. The Bertz CT molecular complexity index is 829. The Kier molecular flexibility index (Phi) is 3.16. The van der Waals surface area contributed by atoms with Crippen LogP contribution in [0.15, 0.2) is 54.6 Å². The van der Waals surface area contributed by atoms with Crippen molar-refractivity contribution in [2.24, 2.45) is 11.8 Å². The number of carboxylic acids is 1. The van der Waals surface area contributed by atoms with Crippen molar-refractivity contribution in [3.63, 3.8) is 0 Å². The molecular weight excluding hydrogens is 294 g/mol. The van der Waals surface area contributed by atoms with Crippen molar-refractivity contribution in [2.45, 2.75) is 12.2 Å². The minimum absolute atomic E-state index is 0.315. The Morgan fingerprint density at radius 1 is 0.957 bits per heavy atom. The van der Waals surface area contributed by atoms with Crippen molar-refractivity contribution in [2.75, 3.05) is 5.32 Å². The Morgan fingerprint density at radius 3 is 2.39 bits per heavy atom. The number of ether oxygens (including phenoxy) is 1. The minimum atomic E-state index is -1.000. The number of carbonyl (C=O) groups is 2. The molecule has 2 aromatic rings. The van der Waals surface area contributed by atoms with Crippen LogP contribution in [0, 0.1) is 11.8 Å². The number of nitrogens with one attached hydrogen (secondary N) is 1. The van der Waals surface area contributed by atoms with Gasteiger partial charge in [0.1, 0.15) is 5.92 Å². The highest BCUT2D eigenvalue weighted by Gasteiger charge is 2.53. The van der Waals surface area contributed by atoms with Gasteiger partial charge in [-0.3, -0.25) is 9.59 Å². The zero-order valence-electron chi connectivity index (χ0n) is 12.2. The molecule has 0 aliphatic carbocycles. The van der Waals surface area contributed by atoms with Gasteiger partial charge >= 0.3 is 5.97 Å². The van der Waals surface area contributed by atoms with E-state index in [1.165, 1.54) is 0 Å². The molecule has 0 saturated carbocycles. The molecule has 1 saturated heterocycles. The molecule has 1 fully saturated rings. The van der Waals surface area contributed by atoms with Gasteiger partial charge in [0.15, 0.2) is 0 Å². The quantitative estimate of drug-likeness (QED) is 0.854. The number of aliphatic carboxylic acids is 1. The molecule has 4 rings (SSSR count). The third-order valence-corrected chi connectivity index (χ3v) is 4.50. The lowest BCUT2D eigenvalue weighted by Gasteiger charge is -2.21. The molecule has 23 heavy (non-hydrogen) atoms. The summed E-state index contributed by atoms with van der Waals surface area (Å²) in [6.45, 7) is 0. The van der Waals surface area contributed by atoms with Crippen molar-refractivity contribution in [1.82, 2.24) is 0 Å². The summed E-state index contributed by atoms with van der Waals surface area (Å²) in [6, 6.07) is 13.5. The summed E-state index contributed by atoms with van der Waals surface area (Å²) in [7, 11) is 0. The fourth-order valence-electron chi connectivity index (χ4n) is 3.41. The number of carboxylic acid groups (broad SMARTS) is 1. The van der Waals surface area contributed by atoms with Gasteiger partial charge in [0, 0.05) is 5.69 Å². The Balaban J connectivity index is 1.59. The fraction of sp³-hybridized carbons (Fsp3) is 0.222. The molecule has 5 heteroatoms. The summed E-state index contributed by atoms with van der Waals surface area (Å²) in [5.41, 5.74) is 0.657. The second-order valence-electron chi connectivity index (χ2n) is 5.89. The van der Waals surface area contributed by atoms with Gasteiger partial charge in [-0.1, -0.05) is 42.5 Å². The van der Waals surface area contributed by atoms with E-state index in [1.54, 1.807) is 12.2 Å². The summed E-state index contributed by atoms with van der Waals surface area (Å²) in [6.07, 6.45) is 2.53. The number of hydrogen-bond donors (Lipinski definition) is 2. The fourth-order valence-corrected chi connectivity index (χ4v) is 3.41. The lowest BCUT2D eigenvalue weighted by Crippen LogP contribution is -2.39. The van der Waals surface area contributed by atoms with Crippen LogP contribution in [-0.4, -0.2) is 29.2 Å². The molecule has 1 amide bonds. The summed E-state index contributed by atoms with van der Waals surface area (Å²) >= 11 is 0. The van der Waals surface area contributed by atoms with Crippen LogP contribution in [0.3, 0.4) is 0 Å². The molecule has 2 aliphatic heterocycles. The minimum Gasteiger partial charge on any atom is -0.481 e. The van der Waals surface area contributed by atoms with Gasteiger partial charge in [-0.15, -0.1) is 0 Å². The smallest absolute Gasteiger partial charge is 0.310 e. The maximum atomic E-state index is 12.6. The van der Waals surface area contributed by atoms with Crippen LogP contribution in [0.1, 0.15) is 0 Å². The summed E-state index contributed by atoms with van der Waals surface area (Å²) in [5.74, 6) is -2.84. The van der Waals surface area contributed by atoms with E-state index in [0.29, 0.717) is 5.69 Å². The standard InChI is InChI=1S/C18H15NO4/c20-17(15-13-7-8-14(23-13)16(15)18(21)22)19-12-6-5-10-3-1-2-4-11(10)9-12/h1-9,13-16H,(H,19,20)(H,21,22)/t13-,14+,15+,16-/m0/s1. The van der Waals surface area contributed by atoms with Gasteiger partial charge in [-0.2, -0.15) is 0 Å². The van der Waals surface area contributed by atoms with Crippen LogP contribution in [0.25, 0.3) is 10.8 Å². The molecule has 116 valence electrons. The number of benzene rings is 2. The van der Waals surface area contributed by atoms with E-state index >= 15 is 0 Å². The molecule has 0 radical (unpaired) electrons. The zero-order valence-corrected chi connectivity index (χ0v) is 12.2. The van der Waals surface area contributed by atoms with Gasteiger partial charge in [0.05, 0.1) is 18.1 Å². The topological polar surface area (TPSA) is 75.6 Å². The Hall–Kier alpha value is -2.66. The van der Waals surface area contributed by atoms with Crippen LogP contribution in [0.5, 0.6) is 0 Å². The van der Waals surface area contributed by atoms with Crippen LogP contribution in [0.4, 0.5) is 5.69 Å². The van der Waals surface area contributed by atoms with Crippen molar-refractivity contribution in [1.29, 1.82) is 0 Å². The first-order valence-corrected chi connectivity index (χ1v) is 7.50.